The van der Waals surface area contributed by atoms with Gasteiger partial charge in [0.05, 0.1) is 13.2 Å². The van der Waals surface area contributed by atoms with Crippen LogP contribution in [0, 0.1) is 13.8 Å². The Labute approximate surface area is 137 Å². The van der Waals surface area contributed by atoms with Gasteiger partial charge in [0.1, 0.15) is 5.75 Å². The molecule has 2 rings (SSSR count). The van der Waals surface area contributed by atoms with E-state index in [0.29, 0.717) is 6.61 Å². The van der Waals surface area contributed by atoms with E-state index in [1.54, 1.807) is 0 Å². The van der Waals surface area contributed by atoms with Crippen LogP contribution in [0.4, 0.5) is 11.4 Å². The molecule has 0 aliphatic rings. The lowest BCUT2D eigenvalue weighted by molar-refractivity contribution is -0.114. The highest BCUT2D eigenvalue weighted by Gasteiger charge is 2.04. The van der Waals surface area contributed by atoms with E-state index in [1.807, 2.05) is 43.3 Å². The molecule has 4 nitrogen and oxygen atoms in total. The molecule has 2 aromatic rings. The predicted octanol–water partition coefficient (Wildman–Crippen LogP) is 4.14. The van der Waals surface area contributed by atoms with Gasteiger partial charge in [-0.2, -0.15) is 0 Å². The maximum absolute atomic E-state index is 12.0. The van der Waals surface area contributed by atoms with Crippen LogP contribution >= 0.6 is 0 Å². The highest BCUT2D eigenvalue weighted by molar-refractivity contribution is 5.93. The molecule has 0 saturated carbocycles. The van der Waals surface area contributed by atoms with E-state index in [9.17, 15) is 4.79 Å². The van der Waals surface area contributed by atoms with Crippen molar-refractivity contribution in [3.8, 4) is 5.75 Å². The number of benzene rings is 2. The summed E-state index contributed by atoms with van der Waals surface area (Å²) in [5, 5.41) is 6.03. The number of carbonyl (C=O) groups is 1. The maximum Gasteiger partial charge on any atom is 0.243 e. The normalized spacial score (nSPS) is 10.2. The van der Waals surface area contributed by atoms with Crippen molar-refractivity contribution >= 4 is 17.3 Å². The Hall–Kier alpha value is -2.49. The Morgan fingerprint density at radius 2 is 1.83 bits per heavy atom. The fourth-order valence-electron chi connectivity index (χ4n) is 2.25. The first-order valence-electron chi connectivity index (χ1n) is 7.92. The minimum absolute atomic E-state index is 0.0767. The number of amides is 1. The van der Waals surface area contributed by atoms with Crippen molar-refractivity contribution in [1.82, 2.24) is 0 Å². The molecular formula is C19H24N2O2. The first-order valence-corrected chi connectivity index (χ1v) is 7.92. The lowest BCUT2D eigenvalue weighted by Crippen LogP contribution is -2.22. The van der Waals surface area contributed by atoms with E-state index in [4.69, 9.17) is 4.74 Å². The largest absolute Gasteiger partial charge is 0.494 e. The average Bonchev–Trinajstić information content (AvgIpc) is 2.53. The van der Waals surface area contributed by atoms with Crippen LogP contribution in [-0.4, -0.2) is 19.1 Å². The van der Waals surface area contributed by atoms with Gasteiger partial charge >= 0.3 is 0 Å². The summed E-state index contributed by atoms with van der Waals surface area (Å²) in [4.78, 5) is 12.0. The van der Waals surface area contributed by atoms with Crippen LogP contribution in [0.5, 0.6) is 5.75 Å². The van der Waals surface area contributed by atoms with Gasteiger partial charge in [0.2, 0.25) is 5.91 Å². The Kier molecular flexibility index (Phi) is 6.03. The quantitative estimate of drug-likeness (QED) is 0.808. The molecule has 0 aliphatic heterocycles. The van der Waals surface area contributed by atoms with Gasteiger partial charge < -0.3 is 15.4 Å². The molecule has 0 fully saturated rings. The molecule has 0 spiro atoms. The standard InChI is InChI=1S/C19H24N2O2/c1-4-11-23-17-8-6-16(7-9-17)21-19(22)13-20-18-10-5-14(2)12-15(18)3/h5-10,12,20H,4,11,13H2,1-3H3,(H,21,22). The van der Waals surface area contributed by atoms with Gasteiger partial charge in [-0.25, -0.2) is 0 Å². The fourth-order valence-corrected chi connectivity index (χ4v) is 2.25. The van der Waals surface area contributed by atoms with E-state index < -0.39 is 0 Å². The number of anilines is 2. The Balaban J connectivity index is 1.84. The second-order valence-electron chi connectivity index (χ2n) is 5.59. The van der Waals surface area contributed by atoms with Gasteiger partial charge in [0, 0.05) is 11.4 Å². The van der Waals surface area contributed by atoms with Crippen molar-refractivity contribution in [1.29, 1.82) is 0 Å². The molecule has 0 bridgehead atoms. The molecule has 122 valence electrons. The summed E-state index contributed by atoms with van der Waals surface area (Å²) in [7, 11) is 0. The van der Waals surface area contributed by atoms with Crippen LogP contribution in [0.2, 0.25) is 0 Å². The van der Waals surface area contributed by atoms with Gasteiger partial charge in [0.25, 0.3) is 0 Å². The predicted molar refractivity (Wildman–Crippen MR) is 95.3 cm³/mol. The third kappa shape index (κ3) is 5.33. The zero-order valence-electron chi connectivity index (χ0n) is 14.0. The zero-order valence-corrected chi connectivity index (χ0v) is 14.0. The monoisotopic (exact) mass is 312 g/mol. The minimum atomic E-state index is -0.0767. The highest BCUT2D eigenvalue weighted by atomic mass is 16.5. The lowest BCUT2D eigenvalue weighted by Gasteiger charge is -2.11. The molecule has 0 saturated heterocycles. The third-order valence-electron chi connectivity index (χ3n) is 3.43. The van der Waals surface area contributed by atoms with Crippen molar-refractivity contribution in [3.63, 3.8) is 0 Å². The summed E-state index contributed by atoms with van der Waals surface area (Å²) in [5.74, 6) is 0.741. The summed E-state index contributed by atoms with van der Waals surface area (Å²) in [6.07, 6.45) is 0.975. The van der Waals surface area contributed by atoms with E-state index in [0.717, 1.165) is 29.1 Å². The summed E-state index contributed by atoms with van der Waals surface area (Å²) in [6, 6.07) is 13.5. The molecular weight excluding hydrogens is 288 g/mol. The Morgan fingerprint density at radius 3 is 2.48 bits per heavy atom. The topological polar surface area (TPSA) is 50.4 Å². The van der Waals surface area contributed by atoms with Crippen LogP contribution in [0.15, 0.2) is 42.5 Å². The molecule has 4 heteroatoms. The number of ether oxygens (including phenoxy) is 1. The molecule has 2 N–H and O–H groups in total. The van der Waals surface area contributed by atoms with Gasteiger partial charge in [-0.3, -0.25) is 4.79 Å². The molecule has 0 aliphatic carbocycles. The summed E-state index contributed by atoms with van der Waals surface area (Å²) < 4.78 is 5.52. The van der Waals surface area contributed by atoms with Crippen LogP contribution in [0.3, 0.4) is 0 Å². The Bertz CT molecular complexity index is 651. The van der Waals surface area contributed by atoms with Gasteiger partial charge in [-0.15, -0.1) is 0 Å². The number of hydrogen-bond donors (Lipinski definition) is 2. The van der Waals surface area contributed by atoms with Crippen LogP contribution in [0.1, 0.15) is 24.5 Å². The molecule has 0 aromatic heterocycles. The minimum Gasteiger partial charge on any atom is -0.494 e. The van der Waals surface area contributed by atoms with E-state index >= 15 is 0 Å². The molecule has 0 radical (unpaired) electrons. The van der Waals surface area contributed by atoms with Gasteiger partial charge in [-0.1, -0.05) is 24.6 Å². The van der Waals surface area contributed by atoms with E-state index in [2.05, 4.69) is 30.5 Å². The second-order valence-corrected chi connectivity index (χ2v) is 5.59. The van der Waals surface area contributed by atoms with Crippen molar-refractivity contribution in [3.05, 3.63) is 53.6 Å². The van der Waals surface area contributed by atoms with Gasteiger partial charge in [0.15, 0.2) is 0 Å². The van der Waals surface area contributed by atoms with Crippen LogP contribution in [0.25, 0.3) is 0 Å². The highest BCUT2D eigenvalue weighted by Crippen LogP contribution is 2.17. The number of carbonyl (C=O) groups excluding carboxylic acids is 1. The van der Waals surface area contributed by atoms with E-state index in [-0.39, 0.29) is 12.5 Å². The SMILES string of the molecule is CCCOc1ccc(NC(=O)CNc2ccc(C)cc2C)cc1. The fraction of sp³-hybridized carbons (Fsp3) is 0.316. The number of nitrogens with one attached hydrogen (secondary N) is 2. The molecule has 0 atom stereocenters. The molecule has 0 heterocycles. The summed E-state index contributed by atoms with van der Waals surface area (Å²) in [5.41, 5.74) is 4.09. The second kappa shape index (κ2) is 8.22. The smallest absolute Gasteiger partial charge is 0.243 e. The first kappa shape index (κ1) is 16.9. The molecule has 1 amide bonds. The number of hydrogen-bond acceptors (Lipinski definition) is 3. The van der Waals surface area contributed by atoms with Gasteiger partial charge in [-0.05, 0) is 56.2 Å². The molecule has 2 aromatic carbocycles. The molecule has 0 unspecified atom stereocenters. The number of rotatable bonds is 7. The third-order valence-corrected chi connectivity index (χ3v) is 3.43. The summed E-state index contributed by atoms with van der Waals surface area (Å²) >= 11 is 0. The van der Waals surface area contributed by atoms with Crippen LogP contribution < -0.4 is 15.4 Å². The zero-order chi connectivity index (χ0) is 16.7. The lowest BCUT2D eigenvalue weighted by atomic mass is 10.1. The Morgan fingerprint density at radius 1 is 1.09 bits per heavy atom. The van der Waals surface area contributed by atoms with Crippen molar-refractivity contribution in [2.24, 2.45) is 0 Å². The first-order chi connectivity index (χ1) is 11.1. The average molecular weight is 312 g/mol. The van der Waals surface area contributed by atoms with E-state index in [1.165, 1.54) is 5.56 Å². The summed E-state index contributed by atoms with van der Waals surface area (Å²) in [6.45, 7) is 7.08. The van der Waals surface area contributed by atoms with Crippen molar-refractivity contribution in [2.45, 2.75) is 27.2 Å². The molecule has 23 heavy (non-hydrogen) atoms. The number of aryl methyl sites for hydroxylation is 2. The van der Waals surface area contributed by atoms with Crippen LogP contribution in [-0.2, 0) is 4.79 Å². The van der Waals surface area contributed by atoms with Crippen molar-refractivity contribution in [2.75, 3.05) is 23.8 Å². The van der Waals surface area contributed by atoms with Crippen molar-refractivity contribution < 1.29 is 9.53 Å². The maximum atomic E-state index is 12.0.